The van der Waals surface area contributed by atoms with Gasteiger partial charge in [-0.3, -0.25) is 0 Å². The Hall–Kier alpha value is -7.79. The summed E-state index contributed by atoms with van der Waals surface area (Å²) in [6.07, 6.45) is 0. The average Bonchev–Trinajstić information content (AvgIpc) is 3.88. The minimum absolute atomic E-state index is 0.540. The van der Waals surface area contributed by atoms with Gasteiger partial charge in [0.1, 0.15) is 0 Å². The second-order valence-corrected chi connectivity index (χ2v) is 17.0. The molecule has 0 aliphatic heterocycles. The van der Waals surface area contributed by atoms with Gasteiger partial charge in [-0.05, 0) is 79.9 Å². The van der Waals surface area contributed by atoms with Crippen molar-refractivity contribution in [3.05, 3.63) is 247 Å². The molecule has 2 aromatic heterocycles. The fourth-order valence-corrected chi connectivity index (χ4v) is 10.7. The Labute approximate surface area is 364 Å². The van der Waals surface area contributed by atoms with Gasteiger partial charge in [0.05, 0.1) is 5.41 Å². The van der Waals surface area contributed by atoms with Crippen LogP contribution in [-0.2, 0) is 5.41 Å². The van der Waals surface area contributed by atoms with E-state index in [4.69, 9.17) is 15.0 Å². The number of hydrogen-bond acceptors (Lipinski definition) is 4. The summed E-state index contributed by atoms with van der Waals surface area (Å²) in [5, 5.41) is 2.60. The molecule has 0 unspecified atom stereocenters. The van der Waals surface area contributed by atoms with Gasteiger partial charge >= 0.3 is 0 Å². The lowest BCUT2D eigenvalue weighted by molar-refractivity contribution is 0.770. The number of nitrogens with zero attached hydrogens (tertiary/aromatic N) is 3. The van der Waals surface area contributed by atoms with Gasteiger partial charge in [0.15, 0.2) is 17.5 Å². The Morgan fingerprint density at radius 3 is 1.34 bits per heavy atom. The van der Waals surface area contributed by atoms with Gasteiger partial charge in [-0.2, -0.15) is 0 Å². The molecular weight excluding hydrogens is 771 g/mol. The number of hydrogen-bond donors (Lipinski definition) is 0. The molecule has 290 valence electrons. The van der Waals surface area contributed by atoms with E-state index in [2.05, 4.69) is 212 Å². The van der Waals surface area contributed by atoms with Gasteiger partial charge in [-0.1, -0.05) is 200 Å². The van der Waals surface area contributed by atoms with Crippen LogP contribution >= 0.6 is 11.3 Å². The van der Waals surface area contributed by atoms with Crippen LogP contribution in [-0.4, -0.2) is 15.0 Å². The predicted molar refractivity (Wildman–Crippen MR) is 257 cm³/mol. The van der Waals surface area contributed by atoms with Gasteiger partial charge in [0, 0.05) is 36.9 Å². The highest BCUT2D eigenvalue weighted by atomic mass is 32.1. The number of fused-ring (bicyclic) bond motifs is 6. The molecular formula is C58H37N3S. The van der Waals surface area contributed by atoms with E-state index in [0.717, 1.165) is 38.9 Å². The maximum atomic E-state index is 5.22. The second kappa shape index (κ2) is 14.7. The largest absolute Gasteiger partial charge is 0.208 e. The van der Waals surface area contributed by atoms with Crippen molar-refractivity contribution in [3.63, 3.8) is 0 Å². The van der Waals surface area contributed by atoms with Crippen LogP contribution in [0.1, 0.15) is 22.3 Å². The van der Waals surface area contributed by atoms with Crippen molar-refractivity contribution in [1.29, 1.82) is 0 Å². The first-order valence-corrected chi connectivity index (χ1v) is 21.8. The van der Waals surface area contributed by atoms with E-state index in [0.29, 0.717) is 17.5 Å². The molecule has 4 heteroatoms. The Bertz CT molecular complexity index is 3320. The quantitative estimate of drug-likeness (QED) is 0.161. The molecule has 0 amide bonds. The van der Waals surface area contributed by atoms with E-state index in [9.17, 15) is 0 Å². The molecule has 0 radical (unpaired) electrons. The smallest absolute Gasteiger partial charge is 0.164 e. The monoisotopic (exact) mass is 807 g/mol. The molecule has 9 aromatic carbocycles. The van der Waals surface area contributed by atoms with E-state index in [1.165, 1.54) is 53.6 Å². The second-order valence-electron chi connectivity index (χ2n) is 15.9. The summed E-state index contributed by atoms with van der Waals surface area (Å²) in [6, 6.07) is 80.5. The normalized spacial score (nSPS) is 12.6. The molecule has 1 aliphatic carbocycles. The van der Waals surface area contributed by atoms with Gasteiger partial charge in [0.2, 0.25) is 0 Å². The van der Waals surface area contributed by atoms with Gasteiger partial charge in [0.25, 0.3) is 0 Å². The minimum atomic E-state index is -0.540. The number of rotatable bonds is 7. The van der Waals surface area contributed by atoms with Crippen LogP contribution in [0.5, 0.6) is 0 Å². The third-order valence-corrected chi connectivity index (χ3v) is 13.6. The molecule has 0 saturated carbocycles. The first-order chi connectivity index (χ1) is 30.7. The lowest BCUT2D eigenvalue weighted by Crippen LogP contribution is -2.28. The highest BCUT2D eigenvalue weighted by molar-refractivity contribution is 7.25. The Morgan fingerprint density at radius 2 is 0.742 bits per heavy atom. The van der Waals surface area contributed by atoms with Crippen LogP contribution < -0.4 is 0 Å². The standard InChI is InChI=1S/C58H37N3S/c1-3-15-38(16-4-1)41-19-13-21-43(35-41)56-59-55(60-57(61-56)44-22-14-20-42(36-44)39-17-5-2-6-18-39)40-29-31-45(32-30-40)58(51-26-10-7-23-47(51)48-24-8-11-27-52(48)58)46-33-34-50-49-25-9-12-28-53(49)62-54(50)37-46/h1-37H. The summed E-state index contributed by atoms with van der Waals surface area (Å²) >= 11 is 1.87. The summed E-state index contributed by atoms with van der Waals surface area (Å²) < 4.78 is 2.60. The molecule has 1 aliphatic rings. The van der Waals surface area contributed by atoms with Crippen molar-refractivity contribution in [2.75, 3.05) is 0 Å². The van der Waals surface area contributed by atoms with E-state index in [-0.39, 0.29) is 0 Å². The van der Waals surface area contributed by atoms with Crippen LogP contribution in [0.2, 0.25) is 0 Å². The summed E-state index contributed by atoms with van der Waals surface area (Å²) in [7, 11) is 0. The van der Waals surface area contributed by atoms with E-state index in [1.807, 2.05) is 23.5 Å². The van der Waals surface area contributed by atoms with E-state index < -0.39 is 5.41 Å². The summed E-state index contributed by atoms with van der Waals surface area (Å²) in [6.45, 7) is 0. The zero-order valence-corrected chi connectivity index (χ0v) is 34.4. The fourth-order valence-electron chi connectivity index (χ4n) is 9.55. The molecule has 62 heavy (non-hydrogen) atoms. The van der Waals surface area contributed by atoms with Crippen LogP contribution in [0.3, 0.4) is 0 Å². The number of thiophene rings is 1. The zero-order valence-electron chi connectivity index (χ0n) is 33.6. The number of aromatic nitrogens is 3. The van der Waals surface area contributed by atoms with Crippen molar-refractivity contribution in [2.24, 2.45) is 0 Å². The topological polar surface area (TPSA) is 38.7 Å². The molecule has 12 rings (SSSR count). The molecule has 2 heterocycles. The minimum Gasteiger partial charge on any atom is -0.208 e. The van der Waals surface area contributed by atoms with Crippen molar-refractivity contribution >= 4 is 31.5 Å². The van der Waals surface area contributed by atoms with Gasteiger partial charge in [-0.15, -0.1) is 11.3 Å². The maximum absolute atomic E-state index is 5.22. The number of benzene rings is 9. The average molecular weight is 808 g/mol. The molecule has 0 saturated heterocycles. The SMILES string of the molecule is c1ccc(-c2cccc(-c3nc(-c4ccc(C5(c6ccc7c(c6)sc6ccccc67)c6ccccc6-c6ccccc65)cc4)nc(-c4cccc(-c5ccccc5)c4)n3)c2)cc1. The molecule has 0 spiro atoms. The Balaban J connectivity index is 1.03. The van der Waals surface area contributed by atoms with Crippen LogP contribution in [0.15, 0.2) is 224 Å². The third kappa shape index (κ3) is 5.91. The zero-order chi connectivity index (χ0) is 41.0. The van der Waals surface area contributed by atoms with Gasteiger partial charge in [-0.25, -0.2) is 15.0 Å². The van der Waals surface area contributed by atoms with Crippen molar-refractivity contribution < 1.29 is 0 Å². The van der Waals surface area contributed by atoms with Crippen molar-refractivity contribution in [2.45, 2.75) is 5.41 Å². The van der Waals surface area contributed by atoms with Crippen LogP contribution in [0, 0.1) is 0 Å². The first-order valence-electron chi connectivity index (χ1n) is 21.0. The molecule has 3 nitrogen and oxygen atoms in total. The lowest BCUT2D eigenvalue weighted by atomic mass is 9.67. The maximum Gasteiger partial charge on any atom is 0.164 e. The van der Waals surface area contributed by atoms with Crippen molar-refractivity contribution in [3.8, 4) is 67.5 Å². The highest BCUT2D eigenvalue weighted by Gasteiger charge is 2.46. The summed E-state index contributed by atoms with van der Waals surface area (Å²) in [5.41, 5.74) is 14.3. The summed E-state index contributed by atoms with van der Waals surface area (Å²) in [5.74, 6) is 1.88. The Kier molecular flexibility index (Phi) is 8.58. The molecule has 11 aromatic rings. The first kappa shape index (κ1) is 36.1. The lowest BCUT2D eigenvalue weighted by Gasteiger charge is -2.34. The van der Waals surface area contributed by atoms with Gasteiger partial charge < -0.3 is 0 Å². The van der Waals surface area contributed by atoms with Crippen LogP contribution in [0.4, 0.5) is 0 Å². The molecule has 0 fully saturated rings. The molecule has 0 bridgehead atoms. The third-order valence-electron chi connectivity index (χ3n) is 12.4. The molecule has 0 atom stereocenters. The fraction of sp³-hybridized carbons (Fsp3) is 0.0172. The Morgan fingerprint density at radius 1 is 0.290 bits per heavy atom. The van der Waals surface area contributed by atoms with E-state index >= 15 is 0 Å². The summed E-state index contributed by atoms with van der Waals surface area (Å²) in [4.78, 5) is 15.6. The highest BCUT2D eigenvalue weighted by Crippen LogP contribution is 2.56. The van der Waals surface area contributed by atoms with Crippen LogP contribution in [0.25, 0.3) is 87.7 Å². The van der Waals surface area contributed by atoms with E-state index in [1.54, 1.807) is 0 Å². The van der Waals surface area contributed by atoms with Crippen molar-refractivity contribution in [1.82, 2.24) is 15.0 Å². The molecule has 0 N–H and O–H groups in total. The predicted octanol–water partition coefficient (Wildman–Crippen LogP) is 14.9.